The van der Waals surface area contributed by atoms with Gasteiger partial charge >= 0.3 is 0 Å². The fourth-order valence-corrected chi connectivity index (χ4v) is 2.94. The Balaban J connectivity index is 2.67. The summed E-state index contributed by atoms with van der Waals surface area (Å²) in [5.74, 6) is 0. The first-order valence-corrected chi connectivity index (χ1v) is 8.46. The van der Waals surface area contributed by atoms with E-state index in [1.165, 1.54) is 36.0 Å². The van der Waals surface area contributed by atoms with Crippen molar-refractivity contribution < 1.29 is 14.6 Å². The minimum absolute atomic E-state index is 0.0175. The number of carbonyl (C=O) groups is 1. The third-order valence-corrected chi connectivity index (χ3v) is 4.38. The van der Waals surface area contributed by atoms with Gasteiger partial charge in [-0.15, -0.1) is 0 Å². The number of ether oxygens (including phenoxy) is 1. The van der Waals surface area contributed by atoms with Gasteiger partial charge < -0.3 is 14.6 Å². The molecular weight excluding hydrogens is 300 g/mol. The molecule has 24 heavy (non-hydrogen) atoms. The van der Waals surface area contributed by atoms with E-state index in [2.05, 4.69) is 44.6 Å². The van der Waals surface area contributed by atoms with Crippen LogP contribution in [-0.2, 0) is 4.74 Å². The van der Waals surface area contributed by atoms with Crippen molar-refractivity contribution in [3.63, 3.8) is 0 Å². The highest BCUT2D eigenvalue weighted by atomic mass is 16.7. The van der Waals surface area contributed by atoms with Gasteiger partial charge in [0.25, 0.3) is 6.16 Å². The van der Waals surface area contributed by atoms with Crippen LogP contribution in [0.15, 0.2) is 58.7 Å². The summed E-state index contributed by atoms with van der Waals surface area (Å²) >= 11 is 0. The van der Waals surface area contributed by atoms with Crippen LogP contribution in [0.5, 0.6) is 0 Å². The molecule has 3 nitrogen and oxygen atoms in total. The Morgan fingerprint density at radius 3 is 2.58 bits per heavy atom. The molecule has 1 rings (SSSR count). The number of rotatable bonds is 6. The van der Waals surface area contributed by atoms with Crippen molar-refractivity contribution in [3.05, 3.63) is 58.7 Å². The number of allylic oxidation sites excluding steroid dienone is 9. The Labute approximate surface area is 146 Å². The molecule has 0 saturated heterocycles. The fraction of sp³-hybridized carbons (Fsp3) is 0.476. The Hall–Kier alpha value is -2.03. The lowest BCUT2D eigenvalue weighted by molar-refractivity contribution is -0.281. The Bertz CT molecular complexity index is 599. The van der Waals surface area contributed by atoms with Gasteiger partial charge in [-0.25, -0.2) is 0 Å². The average molecular weight is 329 g/mol. The van der Waals surface area contributed by atoms with Crippen LogP contribution in [0.3, 0.4) is 0 Å². The molecule has 0 radical (unpaired) electrons. The molecule has 0 fully saturated rings. The standard InChI is InChI=1S/C21H30O3/c1-16(8-6-9-17(2)13-15-24-20(22)23)11-12-19-18(3)10-7-14-21(19,4)5/h6,8-9,11-13H,7,10,14-15H2,1-5H3,(H,22,23)/p-1/b9-6+,12-11+,16-8+,17-13+. The predicted molar refractivity (Wildman–Crippen MR) is 97.5 cm³/mol. The number of hydrogen-bond acceptors (Lipinski definition) is 3. The van der Waals surface area contributed by atoms with Crippen LogP contribution in [-0.4, -0.2) is 12.8 Å². The van der Waals surface area contributed by atoms with E-state index in [1.807, 2.05) is 25.2 Å². The maximum Gasteiger partial charge on any atom is 0.252 e. The molecule has 132 valence electrons. The molecule has 0 aliphatic heterocycles. The van der Waals surface area contributed by atoms with Crippen molar-refractivity contribution in [3.8, 4) is 0 Å². The predicted octanol–water partition coefficient (Wildman–Crippen LogP) is 4.88. The van der Waals surface area contributed by atoms with E-state index < -0.39 is 6.16 Å². The van der Waals surface area contributed by atoms with E-state index in [0.717, 1.165) is 5.57 Å². The maximum atomic E-state index is 10.2. The van der Waals surface area contributed by atoms with Crippen LogP contribution < -0.4 is 5.11 Å². The van der Waals surface area contributed by atoms with Crippen LogP contribution >= 0.6 is 0 Å². The summed E-state index contributed by atoms with van der Waals surface area (Å²) < 4.78 is 4.34. The molecule has 0 aromatic carbocycles. The minimum atomic E-state index is -1.50. The van der Waals surface area contributed by atoms with Gasteiger partial charge in [-0.1, -0.05) is 67.0 Å². The van der Waals surface area contributed by atoms with Crippen molar-refractivity contribution >= 4 is 6.16 Å². The topological polar surface area (TPSA) is 49.4 Å². The lowest BCUT2D eigenvalue weighted by atomic mass is 9.72. The second kappa shape index (κ2) is 9.31. The van der Waals surface area contributed by atoms with Crippen LogP contribution in [0.1, 0.15) is 53.9 Å². The Kier molecular flexibility index (Phi) is 7.76. The van der Waals surface area contributed by atoms with Crippen molar-refractivity contribution in [2.24, 2.45) is 5.41 Å². The fourth-order valence-electron chi connectivity index (χ4n) is 2.94. The number of carboxylic acid groups (broad SMARTS) is 1. The summed E-state index contributed by atoms with van der Waals surface area (Å²) in [4.78, 5) is 10.2. The van der Waals surface area contributed by atoms with Gasteiger partial charge in [-0.3, -0.25) is 0 Å². The summed E-state index contributed by atoms with van der Waals surface area (Å²) in [5.41, 5.74) is 5.33. The molecule has 0 saturated carbocycles. The summed E-state index contributed by atoms with van der Waals surface area (Å²) in [7, 11) is 0. The van der Waals surface area contributed by atoms with Crippen LogP contribution in [0.4, 0.5) is 4.79 Å². The highest BCUT2D eigenvalue weighted by molar-refractivity contribution is 5.54. The van der Waals surface area contributed by atoms with E-state index >= 15 is 0 Å². The summed E-state index contributed by atoms with van der Waals surface area (Å²) in [6.07, 6.45) is 14.2. The van der Waals surface area contributed by atoms with Gasteiger partial charge in [0.15, 0.2) is 0 Å². The number of hydrogen-bond donors (Lipinski definition) is 0. The molecule has 0 aromatic rings. The zero-order valence-corrected chi connectivity index (χ0v) is 15.5. The highest BCUT2D eigenvalue weighted by Gasteiger charge is 2.26. The Morgan fingerprint density at radius 1 is 1.25 bits per heavy atom. The Morgan fingerprint density at radius 2 is 1.96 bits per heavy atom. The van der Waals surface area contributed by atoms with Crippen LogP contribution in [0, 0.1) is 5.41 Å². The molecule has 3 heteroatoms. The third kappa shape index (κ3) is 7.03. The molecule has 0 heterocycles. The minimum Gasteiger partial charge on any atom is -0.546 e. The first-order chi connectivity index (χ1) is 11.2. The molecule has 0 amide bonds. The van der Waals surface area contributed by atoms with Gasteiger partial charge in [-0.05, 0) is 51.0 Å². The molecule has 0 unspecified atom stereocenters. The third-order valence-electron chi connectivity index (χ3n) is 4.38. The number of carbonyl (C=O) groups excluding carboxylic acids is 1. The zero-order valence-electron chi connectivity index (χ0n) is 15.5. The van der Waals surface area contributed by atoms with E-state index in [9.17, 15) is 9.90 Å². The maximum absolute atomic E-state index is 10.2. The van der Waals surface area contributed by atoms with Gasteiger partial charge in [0.05, 0.1) is 0 Å². The van der Waals surface area contributed by atoms with E-state index in [4.69, 9.17) is 0 Å². The second-order valence-electron chi connectivity index (χ2n) is 7.04. The summed E-state index contributed by atoms with van der Waals surface area (Å²) in [6.45, 7) is 10.9. The summed E-state index contributed by atoms with van der Waals surface area (Å²) in [5, 5.41) is 10.2. The second-order valence-corrected chi connectivity index (χ2v) is 7.04. The first-order valence-electron chi connectivity index (χ1n) is 8.46. The van der Waals surface area contributed by atoms with Crippen LogP contribution in [0.2, 0.25) is 0 Å². The molecule has 0 atom stereocenters. The van der Waals surface area contributed by atoms with Gasteiger partial charge in [0.2, 0.25) is 0 Å². The monoisotopic (exact) mass is 329 g/mol. The van der Waals surface area contributed by atoms with Crippen molar-refractivity contribution in [1.82, 2.24) is 0 Å². The van der Waals surface area contributed by atoms with Gasteiger partial charge in [0.1, 0.15) is 0 Å². The molecule has 0 bridgehead atoms. The van der Waals surface area contributed by atoms with E-state index in [0.29, 0.717) is 0 Å². The first kappa shape index (κ1) is 20.0. The molecule has 0 spiro atoms. The van der Waals surface area contributed by atoms with Gasteiger partial charge in [0, 0.05) is 6.61 Å². The molecular formula is C21H29O3-. The summed E-state index contributed by atoms with van der Waals surface area (Å²) in [6, 6.07) is 0. The molecule has 0 N–H and O–H groups in total. The zero-order chi connectivity index (χ0) is 18.2. The smallest absolute Gasteiger partial charge is 0.252 e. The van der Waals surface area contributed by atoms with E-state index in [1.54, 1.807) is 6.08 Å². The molecule has 1 aliphatic rings. The van der Waals surface area contributed by atoms with Crippen molar-refractivity contribution in [2.45, 2.75) is 53.9 Å². The van der Waals surface area contributed by atoms with Gasteiger partial charge in [-0.2, -0.15) is 0 Å². The lowest BCUT2D eigenvalue weighted by Crippen LogP contribution is -2.23. The quantitative estimate of drug-likeness (QED) is 0.515. The van der Waals surface area contributed by atoms with Crippen molar-refractivity contribution in [2.75, 3.05) is 6.61 Å². The van der Waals surface area contributed by atoms with E-state index in [-0.39, 0.29) is 12.0 Å². The average Bonchev–Trinajstić information content (AvgIpc) is 2.45. The largest absolute Gasteiger partial charge is 0.546 e. The molecule has 1 aliphatic carbocycles. The van der Waals surface area contributed by atoms with Crippen LogP contribution in [0.25, 0.3) is 0 Å². The normalized spacial score (nSPS) is 19.4. The SMILES string of the molecule is CC1=C(/C=C/C(C)=C/C=C/C(C)=C/COC(=O)[O-])C(C)(C)CCC1. The molecule has 0 aromatic heterocycles. The highest BCUT2D eigenvalue weighted by Crippen LogP contribution is 2.40. The van der Waals surface area contributed by atoms with Crippen molar-refractivity contribution in [1.29, 1.82) is 0 Å². The lowest BCUT2D eigenvalue weighted by Gasteiger charge is -2.32.